The molecule has 8 nitrogen and oxygen atoms in total. The normalized spacial score (nSPS) is 15.2. The van der Waals surface area contributed by atoms with Crippen LogP contribution in [0.15, 0.2) is 48.7 Å². The fourth-order valence-electron chi connectivity index (χ4n) is 4.76. The van der Waals surface area contributed by atoms with Crippen LogP contribution in [-0.4, -0.2) is 76.7 Å². The minimum Gasteiger partial charge on any atom is -0.475 e. The lowest BCUT2D eigenvalue weighted by molar-refractivity contribution is -0.192. The van der Waals surface area contributed by atoms with Crippen molar-refractivity contribution >= 4 is 17.6 Å². The second kappa shape index (κ2) is 10.9. The van der Waals surface area contributed by atoms with Gasteiger partial charge in [0.15, 0.2) is 0 Å². The number of carboxylic acids is 1. The summed E-state index contributed by atoms with van der Waals surface area (Å²) < 4.78 is 34.1. The van der Waals surface area contributed by atoms with Crippen molar-refractivity contribution in [2.24, 2.45) is 0 Å². The summed E-state index contributed by atoms with van der Waals surface area (Å²) in [5, 5.41) is 7.12. The van der Waals surface area contributed by atoms with Crippen LogP contribution in [-0.2, 0) is 30.8 Å². The van der Waals surface area contributed by atoms with Crippen molar-refractivity contribution in [3.05, 3.63) is 71.2 Å². The third kappa shape index (κ3) is 5.83. The Morgan fingerprint density at radius 3 is 2.32 bits per heavy atom. The average molecular weight is 530 g/mol. The number of rotatable bonds is 3. The largest absolute Gasteiger partial charge is 0.490 e. The number of alkyl halides is 3. The van der Waals surface area contributed by atoms with E-state index < -0.39 is 12.1 Å². The third-order valence-electron chi connectivity index (χ3n) is 6.71. The molecule has 2 aliphatic rings. The molecule has 11 heteroatoms. The van der Waals surface area contributed by atoms with E-state index in [2.05, 4.69) is 34.7 Å². The minimum absolute atomic E-state index is 0.0971. The fraction of sp³-hybridized carbons (Fsp3) is 0.370. The lowest BCUT2D eigenvalue weighted by Gasteiger charge is -2.21. The predicted octanol–water partition coefficient (Wildman–Crippen LogP) is 3.89. The van der Waals surface area contributed by atoms with Gasteiger partial charge in [-0.2, -0.15) is 13.2 Å². The van der Waals surface area contributed by atoms with Crippen LogP contribution in [0.2, 0.25) is 0 Å². The highest BCUT2D eigenvalue weighted by atomic mass is 19.4. The smallest absolute Gasteiger partial charge is 0.475 e. The van der Waals surface area contributed by atoms with Gasteiger partial charge in [-0.25, -0.2) is 9.78 Å². The van der Waals surface area contributed by atoms with Crippen LogP contribution < -0.4 is 4.90 Å². The molecule has 38 heavy (non-hydrogen) atoms. The molecule has 0 unspecified atom stereocenters. The molecule has 1 N–H and O–H groups in total. The van der Waals surface area contributed by atoms with Crippen molar-refractivity contribution in [1.29, 1.82) is 0 Å². The second-order valence-electron chi connectivity index (χ2n) is 9.61. The summed E-state index contributed by atoms with van der Waals surface area (Å²) in [6.07, 6.45) is -2.29. The van der Waals surface area contributed by atoms with E-state index in [-0.39, 0.29) is 5.91 Å². The predicted molar refractivity (Wildman–Crippen MR) is 137 cm³/mol. The molecule has 0 saturated heterocycles. The number of carbonyl (C=O) groups is 2. The molecular weight excluding hydrogens is 499 g/mol. The number of hydrogen-bond acceptors (Lipinski definition) is 5. The van der Waals surface area contributed by atoms with E-state index in [1.165, 1.54) is 22.4 Å². The Kier molecular flexibility index (Phi) is 7.77. The zero-order valence-corrected chi connectivity index (χ0v) is 21.5. The van der Waals surface area contributed by atoms with Crippen molar-refractivity contribution in [2.45, 2.75) is 32.2 Å². The standard InChI is InChI=1S/C25H29N5O.C2HF3O2/c1-27(2)20-9-7-18(8-10-20)25(31)29-12-11-24-26-15-23(30(24)14-13-29)21-6-4-5-19-16-28(3)17-22(19)21;3-2(4,5)1(6)7/h4-10,15H,11-14,16-17H2,1-3H3;(H,6,7). The molecule has 3 aromatic rings. The molecule has 0 aliphatic carbocycles. The van der Waals surface area contributed by atoms with Crippen LogP contribution in [0.4, 0.5) is 18.9 Å². The van der Waals surface area contributed by atoms with Gasteiger partial charge in [0.05, 0.1) is 11.9 Å². The lowest BCUT2D eigenvalue weighted by Crippen LogP contribution is -2.33. The number of halogens is 3. The number of amides is 1. The lowest BCUT2D eigenvalue weighted by atomic mass is 10.0. The van der Waals surface area contributed by atoms with Gasteiger partial charge in [0.1, 0.15) is 5.82 Å². The molecule has 5 rings (SSSR count). The maximum atomic E-state index is 13.1. The number of fused-ring (bicyclic) bond motifs is 2. The van der Waals surface area contributed by atoms with Crippen molar-refractivity contribution in [2.75, 3.05) is 39.1 Å². The summed E-state index contributed by atoms with van der Waals surface area (Å²) in [6.45, 7) is 4.13. The van der Waals surface area contributed by atoms with Crippen LogP contribution in [0.25, 0.3) is 11.3 Å². The summed E-state index contributed by atoms with van der Waals surface area (Å²) in [5.74, 6) is -1.59. The topological polar surface area (TPSA) is 81.9 Å². The van der Waals surface area contributed by atoms with Gasteiger partial charge in [-0.3, -0.25) is 9.69 Å². The van der Waals surface area contributed by atoms with Crippen LogP contribution in [0.5, 0.6) is 0 Å². The number of nitrogens with zero attached hydrogens (tertiary/aromatic N) is 5. The van der Waals surface area contributed by atoms with E-state index in [0.29, 0.717) is 13.1 Å². The Morgan fingerprint density at radius 1 is 1.00 bits per heavy atom. The number of carboxylic acid groups (broad SMARTS) is 1. The van der Waals surface area contributed by atoms with E-state index in [1.807, 2.05) is 54.4 Å². The summed E-state index contributed by atoms with van der Waals surface area (Å²) in [7, 11) is 6.17. The van der Waals surface area contributed by atoms with Crippen molar-refractivity contribution < 1.29 is 27.9 Å². The van der Waals surface area contributed by atoms with E-state index >= 15 is 0 Å². The Morgan fingerprint density at radius 2 is 1.68 bits per heavy atom. The van der Waals surface area contributed by atoms with Gasteiger partial charge in [-0.1, -0.05) is 18.2 Å². The van der Waals surface area contributed by atoms with Crippen molar-refractivity contribution in [3.63, 3.8) is 0 Å². The van der Waals surface area contributed by atoms with Crippen LogP contribution >= 0.6 is 0 Å². The average Bonchev–Trinajstić information content (AvgIpc) is 3.39. The molecule has 1 aromatic heterocycles. The highest BCUT2D eigenvalue weighted by Gasteiger charge is 2.38. The number of carbonyl (C=O) groups excluding carboxylic acids is 1. The van der Waals surface area contributed by atoms with E-state index in [4.69, 9.17) is 14.9 Å². The monoisotopic (exact) mass is 529 g/mol. The first-order valence-corrected chi connectivity index (χ1v) is 12.2. The summed E-state index contributed by atoms with van der Waals surface area (Å²) >= 11 is 0. The number of anilines is 1. The van der Waals surface area contributed by atoms with Gasteiger partial charge in [0.25, 0.3) is 5.91 Å². The molecule has 1 amide bonds. The molecule has 0 atom stereocenters. The van der Waals surface area contributed by atoms with Gasteiger partial charge in [0.2, 0.25) is 0 Å². The zero-order chi connectivity index (χ0) is 27.6. The molecule has 2 aromatic carbocycles. The highest BCUT2D eigenvalue weighted by Crippen LogP contribution is 2.33. The number of imidazole rings is 1. The quantitative estimate of drug-likeness (QED) is 0.555. The number of aromatic nitrogens is 2. The third-order valence-corrected chi connectivity index (χ3v) is 6.71. The molecule has 2 aliphatic heterocycles. The second-order valence-corrected chi connectivity index (χ2v) is 9.61. The van der Waals surface area contributed by atoms with E-state index in [9.17, 15) is 18.0 Å². The molecule has 0 spiro atoms. The Bertz CT molecular complexity index is 1320. The SMILES string of the molecule is CN1Cc2cccc(-c3cnc4n3CCN(C(=O)c3ccc(N(C)C)cc3)CC4)c2C1.O=C(O)C(F)(F)F. The first-order chi connectivity index (χ1) is 18.0. The fourth-order valence-corrected chi connectivity index (χ4v) is 4.76. The first-order valence-electron chi connectivity index (χ1n) is 12.2. The highest BCUT2D eigenvalue weighted by molar-refractivity contribution is 5.94. The van der Waals surface area contributed by atoms with Crippen LogP contribution in [0, 0.1) is 0 Å². The Balaban J connectivity index is 0.000000426. The van der Waals surface area contributed by atoms with Gasteiger partial charge < -0.3 is 19.5 Å². The number of aliphatic carboxylic acids is 1. The van der Waals surface area contributed by atoms with Crippen LogP contribution in [0.3, 0.4) is 0 Å². The molecule has 0 saturated carbocycles. The summed E-state index contributed by atoms with van der Waals surface area (Å²) in [4.78, 5) is 33.1. The summed E-state index contributed by atoms with van der Waals surface area (Å²) in [5.41, 5.74) is 7.10. The van der Waals surface area contributed by atoms with E-state index in [0.717, 1.165) is 43.1 Å². The molecule has 202 valence electrons. The molecular formula is C27H30F3N5O3. The molecule has 3 heterocycles. The first kappa shape index (κ1) is 27.2. The molecule has 0 fully saturated rings. The van der Waals surface area contributed by atoms with Crippen molar-refractivity contribution in [1.82, 2.24) is 19.4 Å². The number of benzene rings is 2. The molecule has 0 radical (unpaired) electrons. The Labute approximate surface area is 218 Å². The Hall–Kier alpha value is -3.86. The molecule has 0 bridgehead atoms. The van der Waals surface area contributed by atoms with Crippen LogP contribution in [0.1, 0.15) is 27.3 Å². The van der Waals surface area contributed by atoms with E-state index in [1.54, 1.807) is 0 Å². The van der Waals surface area contributed by atoms with Gasteiger partial charge in [-0.05, 0) is 42.4 Å². The van der Waals surface area contributed by atoms with Crippen molar-refractivity contribution in [3.8, 4) is 11.3 Å². The maximum Gasteiger partial charge on any atom is 0.490 e. The van der Waals surface area contributed by atoms with Gasteiger partial charge in [-0.15, -0.1) is 0 Å². The minimum atomic E-state index is -5.08. The summed E-state index contributed by atoms with van der Waals surface area (Å²) in [6, 6.07) is 14.4. The maximum absolute atomic E-state index is 13.1. The number of hydrogen-bond donors (Lipinski definition) is 1. The van der Waals surface area contributed by atoms with Gasteiger partial charge in [0, 0.05) is 70.1 Å². The zero-order valence-electron chi connectivity index (χ0n) is 21.5. The van der Waals surface area contributed by atoms with Gasteiger partial charge >= 0.3 is 12.1 Å².